The Labute approximate surface area is 400 Å². The molecule has 0 aliphatic carbocycles. The molecule has 67 heavy (non-hydrogen) atoms. The summed E-state index contributed by atoms with van der Waals surface area (Å²) >= 11 is 3.96. The van der Waals surface area contributed by atoms with Crippen molar-refractivity contribution in [1.29, 1.82) is 0 Å². The molecule has 12 aromatic carbocycles. The van der Waals surface area contributed by atoms with Gasteiger partial charge in [0.25, 0.3) is 0 Å². The number of hydrogen-bond acceptors (Lipinski definition) is 2. The van der Waals surface area contributed by atoms with E-state index in [0.717, 1.165) is 0 Å². The van der Waals surface area contributed by atoms with Gasteiger partial charge >= 0.3 is 344 Å². The van der Waals surface area contributed by atoms with Gasteiger partial charge in [-0.15, -0.1) is 0 Å². The molecule has 3 heterocycles. The van der Waals surface area contributed by atoms with Crippen LogP contribution in [0, 0.1) is 0 Å². The van der Waals surface area contributed by atoms with Crippen LogP contribution in [0.2, 0.25) is 0 Å². The van der Waals surface area contributed by atoms with E-state index in [9.17, 15) is 0 Å². The molecule has 0 saturated carbocycles. The van der Waals surface area contributed by atoms with Crippen LogP contribution in [0.25, 0.3) is 147 Å². The van der Waals surface area contributed by atoms with Gasteiger partial charge < -0.3 is 0 Å². The van der Waals surface area contributed by atoms with Gasteiger partial charge in [0.05, 0.1) is 0 Å². The molecule has 0 saturated heterocycles. The molecule has 0 nitrogen and oxygen atoms in total. The Bertz CT molecular complexity index is 4470. The third-order valence-corrected chi connectivity index (χ3v) is 18.9. The predicted octanol–water partition coefficient (Wildman–Crippen LogP) is 19.1. The van der Waals surface area contributed by atoms with Crippen LogP contribution in [0.15, 0.2) is 218 Å². The van der Waals surface area contributed by atoms with Crippen LogP contribution in [-0.4, -0.2) is 14.5 Å². The molecule has 0 N–H and O–H groups in total. The predicted molar refractivity (Wildman–Crippen MR) is 296 cm³/mol. The van der Waals surface area contributed by atoms with Crippen molar-refractivity contribution in [2.75, 3.05) is 0 Å². The van der Waals surface area contributed by atoms with Crippen molar-refractivity contribution in [3.05, 3.63) is 218 Å². The zero-order chi connectivity index (χ0) is 43.7. The Hall–Kier alpha value is -7.36. The second kappa shape index (κ2) is 14.6. The minimum atomic E-state index is 0.184. The topological polar surface area (TPSA) is 0 Å². The maximum atomic E-state index is 2.53. The summed E-state index contributed by atoms with van der Waals surface area (Å²) in [6.07, 6.45) is 0. The third kappa shape index (κ3) is 5.58. The Morgan fingerprint density at radius 1 is 0.239 bits per heavy atom. The summed E-state index contributed by atoms with van der Waals surface area (Å²) < 4.78 is 8.22. The number of fused-ring (bicyclic) bond motifs is 13. The Morgan fingerprint density at radius 2 is 0.612 bits per heavy atom. The number of benzene rings is 12. The summed E-state index contributed by atoms with van der Waals surface area (Å²) in [7, 11) is 0. The second-order valence-corrected chi connectivity index (χ2v) is 22.2. The van der Waals surface area contributed by atoms with E-state index in [-0.39, 0.29) is 14.5 Å². The van der Waals surface area contributed by atoms with Crippen molar-refractivity contribution in [3.63, 3.8) is 0 Å². The molecule has 0 fully saturated rings. The van der Waals surface area contributed by atoms with Crippen LogP contribution in [0.3, 0.4) is 0 Å². The molecule has 310 valence electrons. The van der Waals surface area contributed by atoms with Crippen LogP contribution >= 0.6 is 22.7 Å². The minimum absolute atomic E-state index is 0.184. The monoisotopic (exact) mass is 948 g/mol. The molecule has 0 aliphatic heterocycles. The summed E-state index contributed by atoms with van der Waals surface area (Å²) in [5.41, 5.74) is 10.3. The van der Waals surface area contributed by atoms with Crippen LogP contribution in [0.5, 0.6) is 0 Å². The zero-order valence-electron chi connectivity index (χ0n) is 36.0. The van der Waals surface area contributed by atoms with Gasteiger partial charge in [0.2, 0.25) is 0 Å². The molecular weight excluding hydrogens is 912 g/mol. The summed E-state index contributed by atoms with van der Waals surface area (Å²) in [4.78, 5) is 0. The van der Waals surface area contributed by atoms with E-state index in [2.05, 4.69) is 218 Å². The van der Waals surface area contributed by atoms with Crippen molar-refractivity contribution in [2.24, 2.45) is 0 Å². The standard InChI is InChI=1S/C64H36S2Se/c1-3-18-46-44(16-1)60(45-17-2-4-19-47(45)61(46)38-28-31-42-40-14-9-11-25-54(40)65-56(42)35-38)37-30-33-58-53(34-37)64-52(24-13-27-59(64)67-58)63-50-22-7-5-20-48(50)62(49-21-6-8-23-51(49)63)39-29-32-43-41-15-10-12-26-55(41)66-57(43)36-39/h1-36H. The van der Waals surface area contributed by atoms with Gasteiger partial charge in [-0.05, 0) is 12.1 Å². The average Bonchev–Trinajstić information content (AvgIpc) is 4.07. The van der Waals surface area contributed by atoms with E-state index in [1.807, 2.05) is 22.7 Å². The van der Waals surface area contributed by atoms with E-state index in [1.165, 1.54) is 147 Å². The summed E-state index contributed by atoms with van der Waals surface area (Å²) in [6.45, 7) is 0. The van der Waals surface area contributed by atoms with Gasteiger partial charge in [0.15, 0.2) is 0 Å². The molecule has 0 radical (unpaired) electrons. The van der Waals surface area contributed by atoms with Crippen LogP contribution < -0.4 is 0 Å². The first-order valence-electron chi connectivity index (χ1n) is 22.9. The van der Waals surface area contributed by atoms with Gasteiger partial charge in [-0.25, -0.2) is 0 Å². The first-order valence-corrected chi connectivity index (χ1v) is 26.2. The van der Waals surface area contributed by atoms with Crippen molar-refractivity contribution < 1.29 is 0 Å². The molecule has 15 rings (SSSR count). The first-order chi connectivity index (χ1) is 33.2. The fraction of sp³-hybridized carbons (Fsp3) is 0. The van der Waals surface area contributed by atoms with E-state index < -0.39 is 0 Å². The molecule has 0 amide bonds. The molecule has 0 bridgehead atoms. The Kier molecular flexibility index (Phi) is 8.22. The molecule has 0 aliphatic rings. The Morgan fingerprint density at radius 3 is 1.07 bits per heavy atom. The molecule has 0 atom stereocenters. The van der Waals surface area contributed by atoms with E-state index in [0.29, 0.717) is 0 Å². The van der Waals surface area contributed by atoms with Crippen LogP contribution in [0.1, 0.15) is 0 Å². The number of hydrogen-bond donors (Lipinski definition) is 0. The van der Waals surface area contributed by atoms with Crippen LogP contribution in [0.4, 0.5) is 0 Å². The molecule has 0 unspecified atom stereocenters. The average molecular weight is 948 g/mol. The molecule has 0 spiro atoms. The summed E-state index contributed by atoms with van der Waals surface area (Å²) in [5, 5.41) is 18.4. The fourth-order valence-corrected chi connectivity index (χ4v) is 16.1. The normalized spacial score (nSPS) is 12.2. The van der Waals surface area contributed by atoms with E-state index in [4.69, 9.17) is 0 Å². The Balaban J connectivity index is 0.961. The molecular formula is C64H36S2Se. The molecule has 15 aromatic rings. The van der Waals surface area contributed by atoms with Gasteiger partial charge in [-0.3, -0.25) is 0 Å². The maximum absolute atomic E-state index is 2.53. The van der Waals surface area contributed by atoms with E-state index in [1.54, 1.807) is 0 Å². The number of rotatable bonds is 4. The zero-order valence-corrected chi connectivity index (χ0v) is 39.4. The van der Waals surface area contributed by atoms with Gasteiger partial charge in [0, 0.05) is 10.1 Å². The van der Waals surface area contributed by atoms with E-state index >= 15 is 0 Å². The molecule has 3 heteroatoms. The summed E-state index contributed by atoms with van der Waals surface area (Å²) in [6, 6.07) is 82.7. The SMILES string of the molecule is c1ccc2c(c1)sc1cc(-c3c4ccccc4c(-c4ccc5[se]c6cccc(-c7c8ccccc8c(-c8ccc9c(c8)sc8ccccc89)c8ccccc78)c6c5c4)c4ccccc34)ccc12. The fourth-order valence-electron chi connectivity index (χ4n) is 11.4. The van der Waals surface area contributed by atoms with Crippen molar-refractivity contribution >= 4 is 140 Å². The van der Waals surface area contributed by atoms with Crippen molar-refractivity contribution in [2.45, 2.75) is 0 Å². The van der Waals surface area contributed by atoms with Gasteiger partial charge in [0.1, 0.15) is 0 Å². The second-order valence-electron chi connectivity index (χ2n) is 17.8. The van der Waals surface area contributed by atoms with Crippen molar-refractivity contribution in [3.8, 4) is 44.5 Å². The third-order valence-electron chi connectivity index (χ3n) is 14.3. The summed E-state index contributed by atoms with van der Waals surface area (Å²) in [5.74, 6) is 0. The quantitative estimate of drug-likeness (QED) is 0.122. The van der Waals surface area contributed by atoms with Gasteiger partial charge in [-0.1, -0.05) is 36.4 Å². The first kappa shape index (κ1) is 37.8. The van der Waals surface area contributed by atoms with Crippen LogP contribution in [-0.2, 0) is 0 Å². The molecule has 3 aromatic heterocycles. The van der Waals surface area contributed by atoms with Gasteiger partial charge in [-0.2, -0.15) is 0 Å². The van der Waals surface area contributed by atoms with Crippen molar-refractivity contribution in [1.82, 2.24) is 0 Å². The number of thiophene rings is 2.